The minimum Gasteiger partial charge on any atom is -0.395 e. The zero-order valence-corrected chi connectivity index (χ0v) is 27.7. The van der Waals surface area contributed by atoms with Crippen molar-refractivity contribution in [2.75, 3.05) is 50.3 Å². The number of ether oxygens (including phenoxy) is 1. The Labute approximate surface area is 266 Å². The summed E-state index contributed by atoms with van der Waals surface area (Å²) in [5.41, 5.74) is 4.03. The van der Waals surface area contributed by atoms with Gasteiger partial charge in [0.2, 0.25) is 5.28 Å². The predicted octanol–water partition coefficient (Wildman–Crippen LogP) is 2.37. The molecule has 0 saturated carbocycles. The molecule has 0 radical (unpaired) electrons. The largest absolute Gasteiger partial charge is 0.474 e. The third-order valence-electron chi connectivity index (χ3n) is 6.41. The Bertz CT molecular complexity index is 1330. The Balaban J connectivity index is 1.66. The molecule has 2 aromatic heterocycles. The summed E-state index contributed by atoms with van der Waals surface area (Å²) in [6.07, 6.45) is -5.30. The van der Waals surface area contributed by atoms with E-state index in [1.54, 1.807) is 27.7 Å². The van der Waals surface area contributed by atoms with Crippen LogP contribution in [0.15, 0.2) is 6.33 Å². The van der Waals surface area contributed by atoms with E-state index in [0.717, 1.165) is 23.5 Å². The topological polar surface area (TPSA) is 218 Å². The van der Waals surface area contributed by atoms with E-state index in [1.165, 1.54) is 10.9 Å². The molecule has 1 aliphatic rings. The summed E-state index contributed by atoms with van der Waals surface area (Å²) >= 11 is 7.59. The third kappa shape index (κ3) is 9.09. The van der Waals surface area contributed by atoms with Gasteiger partial charge in [-0.25, -0.2) is 13.9 Å². The van der Waals surface area contributed by atoms with Crippen LogP contribution >= 0.6 is 42.9 Å². The maximum absolute atomic E-state index is 15.2. The average molecular weight is 704 g/mol. The summed E-state index contributed by atoms with van der Waals surface area (Å²) in [4.78, 5) is 36.4. The van der Waals surface area contributed by atoms with E-state index < -0.39 is 49.9 Å². The van der Waals surface area contributed by atoms with Gasteiger partial charge >= 0.3 is 7.82 Å². The van der Waals surface area contributed by atoms with Crippen molar-refractivity contribution < 1.29 is 52.2 Å². The molecule has 20 heteroatoms. The summed E-state index contributed by atoms with van der Waals surface area (Å²) in [6, 6.07) is 0. The van der Waals surface area contributed by atoms with Crippen molar-refractivity contribution in [1.29, 1.82) is 0 Å². The van der Waals surface area contributed by atoms with Gasteiger partial charge in [0.1, 0.15) is 17.7 Å². The SMILES string of the molecule is CC(C)(CO)C(=O)SCCOP(=O)(OCCSC(=O)C(C)(C)CO)OC[C@H]1O[C@@H](n2cnc3c(N)nc(Cl)nc32)[C@@H](F)[C@@H]1O. The Morgan fingerprint density at radius 1 is 1.09 bits per heavy atom. The highest BCUT2D eigenvalue weighted by molar-refractivity contribution is 8.14. The molecule has 44 heavy (non-hydrogen) atoms. The number of rotatable bonds is 16. The number of imidazole rings is 1. The standard InChI is InChI=1S/C24H36ClFN5O10PS2/c1-23(2,10-32)20(35)43-7-5-38-42(37,39-6-8-44-21(36)24(3,4)11-33)40-9-13-16(34)14(26)19(41-13)31-12-28-15-17(27)29-22(25)30-18(15)31/h12-14,16,19,32-34H,5-11H2,1-4H3,(H2,27,29,30)/t13-,14+,16-,19-/m1/s1. The molecule has 0 unspecified atom stereocenters. The van der Waals surface area contributed by atoms with Crippen LogP contribution in [-0.2, 0) is 32.5 Å². The van der Waals surface area contributed by atoms with E-state index in [0.29, 0.717) is 0 Å². The number of hydrogen-bond acceptors (Lipinski definition) is 16. The molecule has 1 aliphatic heterocycles. The summed E-state index contributed by atoms with van der Waals surface area (Å²) in [5.74, 6) is 0.0346. The van der Waals surface area contributed by atoms with Gasteiger partial charge in [0, 0.05) is 11.5 Å². The number of nitrogen functional groups attached to an aromatic ring is 1. The number of aliphatic hydroxyl groups excluding tert-OH is 3. The van der Waals surface area contributed by atoms with E-state index in [2.05, 4.69) is 15.0 Å². The smallest absolute Gasteiger partial charge is 0.395 e. The predicted molar refractivity (Wildman–Crippen MR) is 162 cm³/mol. The molecule has 0 aromatic carbocycles. The summed E-state index contributed by atoms with van der Waals surface area (Å²) in [7, 11) is -4.40. The van der Waals surface area contributed by atoms with Gasteiger partial charge in [-0.1, -0.05) is 23.5 Å². The van der Waals surface area contributed by atoms with Crippen molar-refractivity contribution in [1.82, 2.24) is 19.5 Å². The Morgan fingerprint density at radius 3 is 2.16 bits per heavy atom. The molecule has 0 bridgehead atoms. The molecule has 0 aliphatic carbocycles. The fourth-order valence-electron chi connectivity index (χ4n) is 3.53. The van der Waals surface area contributed by atoms with Gasteiger partial charge in [-0.15, -0.1) is 0 Å². The molecule has 15 nitrogen and oxygen atoms in total. The fourth-order valence-corrected chi connectivity index (χ4v) is 6.74. The van der Waals surface area contributed by atoms with Gasteiger partial charge in [-0.3, -0.25) is 27.7 Å². The highest BCUT2D eigenvalue weighted by Gasteiger charge is 2.47. The third-order valence-corrected chi connectivity index (χ3v) is 10.4. The van der Waals surface area contributed by atoms with Crippen molar-refractivity contribution in [3.63, 3.8) is 0 Å². The number of halogens is 2. The van der Waals surface area contributed by atoms with Crippen molar-refractivity contribution in [3.05, 3.63) is 11.6 Å². The number of anilines is 1. The van der Waals surface area contributed by atoms with E-state index in [1.807, 2.05) is 0 Å². The summed E-state index contributed by atoms with van der Waals surface area (Å²) < 4.78 is 51.7. The van der Waals surface area contributed by atoms with E-state index in [-0.39, 0.29) is 70.4 Å². The second-order valence-electron chi connectivity index (χ2n) is 11.0. The Morgan fingerprint density at radius 2 is 1.64 bits per heavy atom. The van der Waals surface area contributed by atoms with Gasteiger partial charge in [-0.2, -0.15) is 9.97 Å². The average Bonchev–Trinajstić information content (AvgIpc) is 3.52. The highest BCUT2D eigenvalue weighted by atomic mass is 35.5. The number of fused-ring (bicyclic) bond motifs is 1. The molecular weight excluding hydrogens is 668 g/mol. The lowest BCUT2D eigenvalue weighted by molar-refractivity contribution is -0.120. The van der Waals surface area contributed by atoms with Crippen LogP contribution < -0.4 is 5.73 Å². The number of hydrogen-bond donors (Lipinski definition) is 4. The molecule has 0 spiro atoms. The zero-order valence-electron chi connectivity index (χ0n) is 24.4. The maximum atomic E-state index is 15.2. The second-order valence-corrected chi connectivity index (χ2v) is 15.1. The van der Waals surface area contributed by atoms with Crippen LogP contribution in [0.25, 0.3) is 11.2 Å². The number of carbonyl (C=O) groups is 2. The first-order valence-corrected chi connectivity index (χ1v) is 17.1. The molecule has 1 fully saturated rings. The molecular formula is C24H36ClFN5O10PS2. The number of alkyl halides is 1. The lowest BCUT2D eigenvalue weighted by Crippen LogP contribution is -2.31. The van der Waals surface area contributed by atoms with Gasteiger partial charge in [-0.05, 0) is 39.3 Å². The molecule has 1 saturated heterocycles. The van der Waals surface area contributed by atoms with Gasteiger partial charge in [0.05, 0.1) is 50.2 Å². The van der Waals surface area contributed by atoms with Crippen molar-refractivity contribution in [2.45, 2.75) is 52.3 Å². The number of aromatic nitrogens is 4. The van der Waals surface area contributed by atoms with Crippen LogP contribution in [0, 0.1) is 10.8 Å². The van der Waals surface area contributed by atoms with Crippen LogP contribution in [0.3, 0.4) is 0 Å². The monoisotopic (exact) mass is 703 g/mol. The first kappa shape index (κ1) is 37.0. The Kier molecular flexibility index (Phi) is 13.0. The number of phosphoric acid groups is 1. The van der Waals surface area contributed by atoms with Gasteiger partial charge in [0.15, 0.2) is 34.1 Å². The van der Waals surface area contributed by atoms with Crippen LogP contribution in [0.4, 0.5) is 10.2 Å². The number of carbonyl (C=O) groups excluding carboxylic acids is 2. The Hall–Kier alpha value is -1.44. The van der Waals surface area contributed by atoms with Crippen LogP contribution in [-0.4, -0.2) is 108 Å². The van der Waals surface area contributed by atoms with Crippen molar-refractivity contribution in [3.8, 4) is 0 Å². The molecule has 2 aromatic rings. The molecule has 3 rings (SSSR count). The molecule has 3 heterocycles. The second kappa shape index (κ2) is 15.4. The number of phosphoric ester groups is 1. The molecule has 248 valence electrons. The quantitative estimate of drug-likeness (QED) is 0.112. The van der Waals surface area contributed by atoms with Gasteiger partial charge < -0.3 is 25.8 Å². The summed E-state index contributed by atoms with van der Waals surface area (Å²) in [5, 5.41) is 28.5. The van der Waals surface area contributed by atoms with E-state index in [9.17, 15) is 29.5 Å². The number of nitrogens with two attached hydrogens (primary N) is 1. The van der Waals surface area contributed by atoms with E-state index >= 15 is 4.39 Å². The van der Waals surface area contributed by atoms with Crippen LogP contribution in [0.2, 0.25) is 5.28 Å². The van der Waals surface area contributed by atoms with Crippen LogP contribution in [0.1, 0.15) is 33.9 Å². The first-order valence-electron chi connectivity index (χ1n) is 13.3. The number of aliphatic hydroxyl groups is 3. The lowest BCUT2D eigenvalue weighted by Gasteiger charge is -2.22. The van der Waals surface area contributed by atoms with Crippen molar-refractivity contribution >= 4 is 70.2 Å². The molecule has 5 N–H and O–H groups in total. The zero-order chi connectivity index (χ0) is 32.9. The molecule has 4 atom stereocenters. The van der Waals surface area contributed by atoms with Crippen LogP contribution in [0.5, 0.6) is 0 Å². The minimum atomic E-state index is -4.40. The highest BCUT2D eigenvalue weighted by Crippen LogP contribution is 2.50. The summed E-state index contributed by atoms with van der Waals surface area (Å²) in [6.45, 7) is 4.36. The number of thioether (sulfide) groups is 2. The first-order chi connectivity index (χ1) is 20.5. The normalized spacial score (nSPS) is 21.3. The molecule has 0 amide bonds. The van der Waals surface area contributed by atoms with E-state index in [4.69, 9.17) is 35.6 Å². The number of nitrogens with zero attached hydrogens (tertiary/aromatic N) is 4. The van der Waals surface area contributed by atoms with Crippen molar-refractivity contribution in [2.24, 2.45) is 10.8 Å². The maximum Gasteiger partial charge on any atom is 0.474 e. The van der Waals surface area contributed by atoms with Gasteiger partial charge in [0.25, 0.3) is 0 Å². The minimum absolute atomic E-state index is 0.0370. The fraction of sp³-hybridized carbons (Fsp3) is 0.708. The lowest BCUT2D eigenvalue weighted by atomic mass is 9.97.